The Kier molecular flexibility index (Phi) is 7.96. The molecule has 5 nitrogen and oxygen atoms in total. The summed E-state index contributed by atoms with van der Waals surface area (Å²) in [7, 11) is 0. The molecule has 1 aliphatic rings. The number of thiazole rings is 1. The molecule has 4 heterocycles. The van der Waals surface area contributed by atoms with Crippen molar-refractivity contribution < 1.29 is 0 Å². The SMILES string of the molecule is C1=CC(n2c3ccccc3c3ccc(-c4nc(-c5ccccc5)nc(-c5cccc6c5sc5ccc(-c7nc8ccc(-c9ccccc9)cc8s7)cc56)n4)cc32)=CCC1. The number of benzene rings is 7. The normalized spacial score (nSPS) is 13.0. The number of fused-ring (bicyclic) bond motifs is 7. The van der Waals surface area contributed by atoms with Crippen LogP contribution in [0.3, 0.4) is 0 Å². The summed E-state index contributed by atoms with van der Waals surface area (Å²) in [6, 6.07) is 55.8. The van der Waals surface area contributed by atoms with Gasteiger partial charge in [-0.15, -0.1) is 22.7 Å². The van der Waals surface area contributed by atoms with E-state index in [1.165, 1.54) is 53.3 Å². The van der Waals surface area contributed by atoms with Crippen molar-refractivity contribution in [2.24, 2.45) is 0 Å². The van der Waals surface area contributed by atoms with E-state index >= 15 is 0 Å². The van der Waals surface area contributed by atoms with Gasteiger partial charge in [0.1, 0.15) is 5.01 Å². The lowest BCUT2D eigenvalue weighted by atomic mass is 10.1. The first kappa shape index (κ1) is 34.0. The molecule has 0 fully saturated rings. The van der Waals surface area contributed by atoms with E-state index in [9.17, 15) is 0 Å². The van der Waals surface area contributed by atoms with E-state index in [1.807, 2.05) is 18.2 Å². The molecule has 0 N–H and O–H groups in total. The fourth-order valence-corrected chi connectivity index (χ4v) is 10.7. The van der Waals surface area contributed by atoms with Crippen molar-refractivity contribution in [3.63, 3.8) is 0 Å². The minimum Gasteiger partial charge on any atom is -0.310 e. The molecule has 0 spiro atoms. The van der Waals surface area contributed by atoms with Gasteiger partial charge < -0.3 is 4.57 Å². The third-order valence-electron chi connectivity index (χ3n) is 11.3. The number of nitrogens with zero attached hydrogens (tertiary/aromatic N) is 5. The topological polar surface area (TPSA) is 56.5 Å². The maximum absolute atomic E-state index is 5.28. The van der Waals surface area contributed by atoms with Crippen molar-refractivity contribution in [3.8, 4) is 55.9 Å². The summed E-state index contributed by atoms with van der Waals surface area (Å²) in [6.07, 6.45) is 8.93. The van der Waals surface area contributed by atoms with E-state index in [4.69, 9.17) is 19.9 Å². The highest BCUT2D eigenvalue weighted by atomic mass is 32.1. The molecule has 59 heavy (non-hydrogen) atoms. The molecule has 1 aliphatic carbocycles. The highest BCUT2D eigenvalue weighted by Gasteiger charge is 2.20. The lowest BCUT2D eigenvalue weighted by Crippen LogP contribution is -2.01. The van der Waals surface area contributed by atoms with Gasteiger partial charge in [-0.25, -0.2) is 19.9 Å². The Bertz CT molecular complexity index is 3500. The summed E-state index contributed by atoms with van der Waals surface area (Å²) in [4.78, 5) is 20.7. The second kappa shape index (κ2) is 13.8. The van der Waals surface area contributed by atoms with E-state index in [2.05, 4.69) is 162 Å². The maximum Gasteiger partial charge on any atom is 0.165 e. The highest BCUT2D eigenvalue weighted by molar-refractivity contribution is 7.26. The first-order chi connectivity index (χ1) is 29.2. The zero-order chi connectivity index (χ0) is 38.9. The van der Waals surface area contributed by atoms with Gasteiger partial charge in [0.2, 0.25) is 0 Å². The lowest BCUT2D eigenvalue weighted by molar-refractivity contribution is 1.02. The van der Waals surface area contributed by atoms with Crippen LogP contribution in [0.1, 0.15) is 12.8 Å². The summed E-state index contributed by atoms with van der Waals surface area (Å²) in [6.45, 7) is 0. The van der Waals surface area contributed by atoms with Crippen molar-refractivity contribution >= 4 is 80.6 Å². The lowest BCUT2D eigenvalue weighted by Gasteiger charge is -2.13. The third kappa shape index (κ3) is 5.81. The molecular formula is C52H33N5S2. The summed E-state index contributed by atoms with van der Waals surface area (Å²) in [5, 5.41) is 5.84. The van der Waals surface area contributed by atoms with Gasteiger partial charge in [-0.2, -0.15) is 0 Å². The van der Waals surface area contributed by atoms with Gasteiger partial charge in [0, 0.05) is 58.9 Å². The Hall–Kier alpha value is -7.06. The van der Waals surface area contributed by atoms with E-state index in [0.29, 0.717) is 17.5 Å². The van der Waals surface area contributed by atoms with Crippen LogP contribution in [0.5, 0.6) is 0 Å². The van der Waals surface area contributed by atoms with Crippen molar-refractivity contribution in [1.29, 1.82) is 0 Å². The van der Waals surface area contributed by atoms with Crippen LogP contribution in [0.4, 0.5) is 0 Å². The number of para-hydroxylation sites is 1. The average molecular weight is 792 g/mol. The number of aromatic nitrogens is 5. The Morgan fingerprint density at radius 1 is 0.441 bits per heavy atom. The van der Waals surface area contributed by atoms with Crippen LogP contribution in [0.2, 0.25) is 0 Å². The molecule has 11 aromatic rings. The van der Waals surface area contributed by atoms with Crippen molar-refractivity contribution in [3.05, 3.63) is 176 Å². The number of rotatable bonds is 6. The van der Waals surface area contributed by atoms with Gasteiger partial charge >= 0.3 is 0 Å². The number of thiophene rings is 1. The summed E-state index contributed by atoms with van der Waals surface area (Å²) < 4.78 is 5.93. The average Bonchev–Trinajstić information content (AvgIpc) is 4.01. The number of hydrogen-bond donors (Lipinski definition) is 0. The second-order valence-electron chi connectivity index (χ2n) is 14.9. The van der Waals surface area contributed by atoms with Gasteiger partial charge in [-0.3, -0.25) is 0 Å². The number of hydrogen-bond acceptors (Lipinski definition) is 6. The predicted octanol–water partition coefficient (Wildman–Crippen LogP) is 14.5. The predicted molar refractivity (Wildman–Crippen MR) is 249 cm³/mol. The smallest absolute Gasteiger partial charge is 0.165 e. The molecule has 12 rings (SSSR count). The van der Waals surface area contributed by atoms with Crippen LogP contribution < -0.4 is 0 Å². The van der Waals surface area contributed by atoms with Crippen LogP contribution in [-0.2, 0) is 0 Å². The van der Waals surface area contributed by atoms with Crippen LogP contribution in [0.15, 0.2) is 176 Å². The maximum atomic E-state index is 5.28. The van der Waals surface area contributed by atoms with E-state index in [0.717, 1.165) is 55.8 Å². The minimum atomic E-state index is 0.646. The van der Waals surface area contributed by atoms with E-state index in [1.54, 1.807) is 22.7 Å². The van der Waals surface area contributed by atoms with Gasteiger partial charge in [0.25, 0.3) is 0 Å². The monoisotopic (exact) mass is 791 g/mol. The quantitative estimate of drug-likeness (QED) is 0.168. The van der Waals surface area contributed by atoms with Gasteiger partial charge in [-0.1, -0.05) is 127 Å². The molecule has 0 aliphatic heterocycles. The van der Waals surface area contributed by atoms with Crippen molar-refractivity contribution in [2.45, 2.75) is 12.8 Å². The first-order valence-corrected chi connectivity index (χ1v) is 21.5. The molecule has 0 saturated carbocycles. The van der Waals surface area contributed by atoms with Crippen LogP contribution in [-0.4, -0.2) is 24.5 Å². The first-order valence-electron chi connectivity index (χ1n) is 19.9. The van der Waals surface area contributed by atoms with Crippen molar-refractivity contribution in [2.75, 3.05) is 0 Å². The fraction of sp³-hybridized carbons (Fsp3) is 0.0385. The summed E-state index contributed by atoms with van der Waals surface area (Å²) in [5.74, 6) is 1.95. The molecule has 4 aromatic heterocycles. The zero-order valence-electron chi connectivity index (χ0n) is 31.7. The molecule has 7 heteroatoms. The zero-order valence-corrected chi connectivity index (χ0v) is 33.3. The van der Waals surface area contributed by atoms with E-state index in [-0.39, 0.29) is 0 Å². The van der Waals surface area contributed by atoms with Gasteiger partial charge in [0.15, 0.2) is 17.5 Å². The largest absolute Gasteiger partial charge is 0.310 e. The molecule has 0 atom stereocenters. The molecule has 0 amide bonds. The molecule has 0 bridgehead atoms. The van der Waals surface area contributed by atoms with Crippen LogP contribution >= 0.6 is 22.7 Å². The molecule has 0 unspecified atom stereocenters. The standard InChI is InChI=1S/C52H33N5S2/c1-4-13-32(14-5-1)34-24-27-43-47(31-34)59-52(53-43)36-25-28-46-42(29-36)40-20-12-21-41(48(40)58-46)51-55-49(33-15-6-2-7-16-33)54-50(56-51)35-23-26-39-38-19-10-11-22-44(38)57(45(39)30-35)37-17-8-3-9-18-37/h1-2,4-8,10-31H,3,9H2. The molecule has 278 valence electrons. The van der Waals surface area contributed by atoms with E-state index < -0.39 is 0 Å². The van der Waals surface area contributed by atoms with Crippen LogP contribution in [0, 0.1) is 0 Å². The Labute approximate surface area is 348 Å². The minimum absolute atomic E-state index is 0.646. The summed E-state index contributed by atoms with van der Waals surface area (Å²) >= 11 is 3.53. The molecule has 0 saturated heterocycles. The highest BCUT2D eigenvalue weighted by Crippen LogP contribution is 2.43. The Balaban J connectivity index is 0.996. The van der Waals surface area contributed by atoms with Gasteiger partial charge in [0.05, 0.1) is 21.3 Å². The fourth-order valence-electron chi connectivity index (χ4n) is 8.46. The molecular weight excluding hydrogens is 759 g/mol. The Morgan fingerprint density at radius 3 is 2.02 bits per heavy atom. The summed E-state index contributed by atoms with van der Waals surface area (Å²) in [5.41, 5.74) is 11.0. The van der Waals surface area contributed by atoms with Crippen molar-refractivity contribution in [1.82, 2.24) is 24.5 Å². The second-order valence-corrected chi connectivity index (χ2v) is 17.0. The number of allylic oxidation sites excluding steroid dienone is 4. The van der Waals surface area contributed by atoms with Crippen LogP contribution in [0.25, 0.3) is 114 Å². The third-order valence-corrected chi connectivity index (χ3v) is 13.6. The Morgan fingerprint density at radius 2 is 1.17 bits per heavy atom. The molecule has 0 radical (unpaired) electrons. The molecule has 7 aromatic carbocycles. The van der Waals surface area contributed by atoms with Gasteiger partial charge in [-0.05, 0) is 72.5 Å².